The molecule has 0 spiro atoms. The molecule has 1 aliphatic carbocycles. The van der Waals surface area contributed by atoms with E-state index in [9.17, 15) is 4.79 Å². The van der Waals surface area contributed by atoms with Gasteiger partial charge in [-0.15, -0.1) is 0 Å². The summed E-state index contributed by atoms with van der Waals surface area (Å²) in [6.07, 6.45) is 15.8. The normalized spacial score (nSPS) is 17.3. The highest BCUT2D eigenvalue weighted by molar-refractivity contribution is 5.84. The van der Waals surface area contributed by atoms with Gasteiger partial charge in [0.25, 0.3) is 0 Å². The Morgan fingerprint density at radius 2 is 1.71 bits per heavy atom. The number of nitrogens with zero attached hydrogens (tertiary/aromatic N) is 8. The van der Waals surface area contributed by atoms with E-state index < -0.39 is 0 Å². The molecule has 38 heavy (non-hydrogen) atoms. The van der Waals surface area contributed by atoms with E-state index in [1.54, 1.807) is 19.0 Å². The Bertz CT molecular complexity index is 1650. The van der Waals surface area contributed by atoms with Crippen LogP contribution in [0.1, 0.15) is 43.0 Å². The molecule has 1 aliphatic heterocycles. The zero-order valence-corrected chi connectivity index (χ0v) is 21.7. The first kappa shape index (κ1) is 22.9. The van der Waals surface area contributed by atoms with Crippen molar-refractivity contribution in [1.29, 1.82) is 0 Å². The summed E-state index contributed by atoms with van der Waals surface area (Å²) in [5.74, 6) is 0.702. The molecule has 192 valence electrons. The van der Waals surface area contributed by atoms with Crippen molar-refractivity contribution in [2.24, 2.45) is 0 Å². The minimum atomic E-state index is -0.101. The number of piperidine rings is 1. The number of amides is 2. The van der Waals surface area contributed by atoms with Gasteiger partial charge >= 0.3 is 6.03 Å². The highest BCUT2D eigenvalue weighted by Crippen LogP contribution is 2.54. The van der Waals surface area contributed by atoms with Gasteiger partial charge in [-0.25, -0.2) is 14.8 Å². The molecule has 0 radical (unpaired) electrons. The minimum Gasteiger partial charge on any atom is -0.331 e. The number of fused-ring (bicyclic) bond motifs is 2. The molecule has 5 heterocycles. The number of imidazole rings is 1. The average Bonchev–Trinajstić information content (AvgIpc) is 3.39. The zero-order chi connectivity index (χ0) is 25.9. The molecule has 2 amide bonds. The van der Waals surface area contributed by atoms with Crippen LogP contribution < -0.4 is 0 Å². The van der Waals surface area contributed by atoms with E-state index in [1.807, 2.05) is 35.8 Å². The third-order valence-electron chi connectivity index (χ3n) is 8.18. The van der Waals surface area contributed by atoms with Crippen LogP contribution in [-0.2, 0) is 5.41 Å². The first-order valence-electron chi connectivity index (χ1n) is 13.2. The van der Waals surface area contributed by atoms with Crippen LogP contribution in [0.4, 0.5) is 4.79 Å². The first-order valence-corrected chi connectivity index (χ1v) is 13.2. The number of para-hydroxylation sites is 1. The van der Waals surface area contributed by atoms with Crippen molar-refractivity contribution in [3.63, 3.8) is 0 Å². The van der Waals surface area contributed by atoms with Gasteiger partial charge in [-0.1, -0.05) is 24.3 Å². The molecule has 0 unspecified atom stereocenters. The van der Waals surface area contributed by atoms with E-state index in [0.29, 0.717) is 5.78 Å². The largest absolute Gasteiger partial charge is 0.331 e. The van der Waals surface area contributed by atoms with E-state index in [-0.39, 0.29) is 17.5 Å². The summed E-state index contributed by atoms with van der Waals surface area (Å²) in [5, 5.41) is 5.86. The molecule has 0 N–H and O–H groups in total. The topological polar surface area (TPSA) is 84.5 Å². The Kier molecular flexibility index (Phi) is 5.21. The summed E-state index contributed by atoms with van der Waals surface area (Å²) in [4.78, 5) is 29.9. The second-order valence-corrected chi connectivity index (χ2v) is 10.7. The third kappa shape index (κ3) is 3.64. The van der Waals surface area contributed by atoms with Crippen molar-refractivity contribution in [3.8, 4) is 11.1 Å². The van der Waals surface area contributed by atoms with Crippen LogP contribution in [0.3, 0.4) is 0 Å². The predicted molar refractivity (Wildman–Crippen MR) is 145 cm³/mol. The summed E-state index contributed by atoms with van der Waals surface area (Å²) in [7, 11) is 3.60. The van der Waals surface area contributed by atoms with E-state index in [1.165, 1.54) is 5.56 Å². The van der Waals surface area contributed by atoms with Gasteiger partial charge in [0.05, 0.1) is 29.6 Å². The molecule has 0 bridgehead atoms. The standard InChI is InChI=1S/C29H30N8O/c1-34(2)28(38)35-13-8-23(9-14-35)37-19-22(16-33-37)21-15-31-27-32-17-25(36(27)18-21)29(10-11-29)24-7-3-5-20-6-4-12-30-26(20)24/h3-7,12,15-19,23H,8-11,13-14H2,1-2H3. The number of rotatable bonds is 4. The fraction of sp³-hybridized carbons (Fsp3) is 0.345. The molecule has 1 saturated heterocycles. The molecule has 5 aromatic rings. The molecule has 7 rings (SSSR count). The molecular weight excluding hydrogens is 476 g/mol. The average molecular weight is 507 g/mol. The second-order valence-electron chi connectivity index (χ2n) is 10.7. The highest BCUT2D eigenvalue weighted by Gasteiger charge is 2.49. The SMILES string of the molecule is CN(C)C(=O)N1CCC(n2cc(-c3cnc4ncc(C5(c6cccc7cccnc67)CC5)n4c3)cn2)CC1. The van der Waals surface area contributed by atoms with E-state index in [2.05, 4.69) is 50.7 Å². The number of hydrogen-bond acceptors (Lipinski definition) is 5. The van der Waals surface area contributed by atoms with Gasteiger partial charge in [-0.3, -0.25) is 14.1 Å². The molecular formula is C29H30N8O. The predicted octanol–water partition coefficient (Wildman–Crippen LogP) is 4.54. The number of pyridine rings is 1. The lowest BCUT2D eigenvalue weighted by atomic mass is 9.90. The van der Waals surface area contributed by atoms with Crippen LogP contribution in [0.5, 0.6) is 0 Å². The molecule has 1 aromatic carbocycles. The molecule has 4 aromatic heterocycles. The molecule has 0 atom stereocenters. The Balaban J connectivity index is 1.19. The maximum atomic E-state index is 12.3. The molecule has 9 nitrogen and oxygen atoms in total. The summed E-state index contributed by atoms with van der Waals surface area (Å²) >= 11 is 0. The Hall–Kier alpha value is -4.27. The Labute approximate surface area is 220 Å². The number of aromatic nitrogens is 6. The fourth-order valence-corrected chi connectivity index (χ4v) is 5.95. The molecule has 2 fully saturated rings. The molecule has 1 saturated carbocycles. The van der Waals surface area contributed by atoms with Gasteiger partial charge < -0.3 is 9.80 Å². The van der Waals surface area contributed by atoms with Crippen molar-refractivity contribution in [2.45, 2.75) is 37.1 Å². The number of carbonyl (C=O) groups is 1. The fourth-order valence-electron chi connectivity index (χ4n) is 5.95. The summed E-state index contributed by atoms with van der Waals surface area (Å²) in [5.41, 5.74) is 5.42. The number of carbonyl (C=O) groups excluding carboxylic acids is 1. The van der Waals surface area contributed by atoms with Crippen LogP contribution in [0, 0.1) is 0 Å². The van der Waals surface area contributed by atoms with Crippen molar-refractivity contribution in [1.82, 2.24) is 38.9 Å². The lowest BCUT2D eigenvalue weighted by Crippen LogP contribution is -2.44. The van der Waals surface area contributed by atoms with Crippen molar-refractivity contribution >= 4 is 22.7 Å². The van der Waals surface area contributed by atoms with E-state index >= 15 is 0 Å². The van der Waals surface area contributed by atoms with E-state index in [0.717, 1.165) is 66.5 Å². The van der Waals surface area contributed by atoms with Crippen molar-refractivity contribution < 1.29 is 4.79 Å². The maximum absolute atomic E-state index is 12.3. The van der Waals surface area contributed by atoms with Gasteiger partial charge in [-0.05, 0) is 37.3 Å². The maximum Gasteiger partial charge on any atom is 0.319 e. The summed E-state index contributed by atoms with van der Waals surface area (Å²) in [6.45, 7) is 1.49. The summed E-state index contributed by atoms with van der Waals surface area (Å²) < 4.78 is 4.20. The number of likely N-dealkylation sites (tertiary alicyclic amines) is 1. The van der Waals surface area contributed by atoms with E-state index in [4.69, 9.17) is 15.1 Å². The molecule has 9 heteroatoms. The smallest absolute Gasteiger partial charge is 0.319 e. The summed E-state index contributed by atoms with van der Waals surface area (Å²) in [6, 6.07) is 10.9. The second kappa shape index (κ2) is 8.65. The van der Waals surface area contributed by atoms with Crippen LogP contribution in [0.2, 0.25) is 0 Å². The Morgan fingerprint density at radius 3 is 2.50 bits per heavy atom. The van der Waals surface area contributed by atoms with Gasteiger partial charge in [0, 0.05) is 73.9 Å². The Morgan fingerprint density at radius 1 is 0.947 bits per heavy atom. The lowest BCUT2D eigenvalue weighted by molar-refractivity contribution is 0.146. The lowest BCUT2D eigenvalue weighted by Gasteiger charge is -2.33. The third-order valence-corrected chi connectivity index (χ3v) is 8.18. The van der Waals surface area contributed by atoms with Gasteiger partial charge in [-0.2, -0.15) is 5.10 Å². The van der Waals surface area contributed by atoms with Crippen molar-refractivity contribution in [3.05, 3.63) is 78.8 Å². The quantitative estimate of drug-likeness (QED) is 0.357. The van der Waals surface area contributed by atoms with Crippen molar-refractivity contribution in [2.75, 3.05) is 27.2 Å². The van der Waals surface area contributed by atoms with Crippen LogP contribution in [0.15, 0.2) is 67.5 Å². The van der Waals surface area contributed by atoms with Gasteiger partial charge in [0.15, 0.2) is 0 Å². The van der Waals surface area contributed by atoms with Crippen LogP contribution >= 0.6 is 0 Å². The number of benzene rings is 1. The van der Waals surface area contributed by atoms with Crippen LogP contribution in [0.25, 0.3) is 27.8 Å². The highest BCUT2D eigenvalue weighted by atomic mass is 16.2. The number of urea groups is 1. The zero-order valence-electron chi connectivity index (χ0n) is 21.7. The first-order chi connectivity index (χ1) is 18.5. The molecule has 2 aliphatic rings. The minimum absolute atomic E-state index is 0.0767. The van der Waals surface area contributed by atoms with Gasteiger partial charge in [0.1, 0.15) is 0 Å². The monoisotopic (exact) mass is 506 g/mol. The van der Waals surface area contributed by atoms with Gasteiger partial charge in [0.2, 0.25) is 5.78 Å². The van der Waals surface area contributed by atoms with Crippen LogP contribution in [-0.4, -0.2) is 72.1 Å². The number of hydrogen-bond donors (Lipinski definition) is 0.